The fourth-order valence-electron chi connectivity index (χ4n) is 8.05. The predicted molar refractivity (Wildman–Crippen MR) is 234 cm³/mol. The quantitative estimate of drug-likeness (QED) is 0.0259. The zero-order chi connectivity index (χ0) is 44.5. The molecule has 2 aliphatic heterocycles. The molecule has 2 saturated heterocycles. The molecule has 2 aliphatic rings. The molecule has 14 heteroatoms. The van der Waals surface area contributed by atoms with Gasteiger partial charge in [-0.15, -0.1) is 0 Å². The van der Waals surface area contributed by atoms with Gasteiger partial charge in [0.15, 0.2) is 12.6 Å². The van der Waals surface area contributed by atoms with Crippen LogP contribution in [0.1, 0.15) is 194 Å². The van der Waals surface area contributed by atoms with E-state index in [-0.39, 0.29) is 25.6 Å². The molecule has 0 radical (unpaired) electrons. The number of carbonyl (C=O) groups excluding carboxylic acids is 1. The van der Waals surface area contributed by atoms with Gasteiger partial charge in [0.25, 0.3) is 0 Å². The number of aliphatic hydroxyl groups is 7. The summed E-state index contributed by atoms with van der Waals surface area (Å²) in [5, 5.41) is 72.0. The highest BCUT2D eigenvalue weighted by Crippen LogP contribution is 2.26. The van der Waals surface area contributed by atoms with Gasteiger partial charge in [-0.25, -0.2) is 0 Å². The second kappa shape index (κ2) is 36.2. The number of hydrogen-bond donors (Lipinski definition) is 7. The Morgan fingerprint density at radius 1 is 0.475 bits per heavy atom. The third kappa shape index (κ3) is 24.7. The average Bonchev–Trinajstić information content (AvgIpc) is 3.25. The van der Waals surface area contributed by atoms with Gasteiger partial charge >= 0.3 is 5.97 Å². The molecule has 11 unspecified atom stereocenters. The normalized spacial score (nSPS) is 27.4. The molecule has 0 aromatic heterocycles. The summed E-state index contributed by atoms with van der Waals surface area (Å²) in [6.45, 7) is 3.71. The monoisotopic (exact) mass is 879 g/mol. The highest BCUT2D eigenvalue weighted by atomic mass is 16.7. The van der Waals surface area contributed by atoms with Gasteiger partial charge in [0.05, 0.1) is 26.4 Å². The maximum Gasteiger partial charge on any atom is 0.306 e. The van der Waals surface area contributed by atoms with E-state index < -0.39 is 80.7 Å². The largest absolute Gasteiger partial charge is 0.457 e. The summed E-state index contributed by atoms with van der Waals surface area (Å²) in [6, 6.07) is 0. The van der Waals surface area contributed by atoms with Crippen LogP contribution in [0.25, 0.3) is 0 Å². The summed E-state index contributed by atoms with van der Waals surface area (Å²) in [4.78, 5) is 12.9. The van der Waals surface area contributed by atoms with Crippen LogP contribution < -0.4 is 0 Å². The van der Waals surface area contributed by atoms with Crippen LogP contribution in [-0.2, 0) is 33.2 Å². The summed E-state index contributed by atoms with van der Waals surface area (Å²) in [5.74, 6) is -0.373. The molecule has 362 valence electrons. The molecule has 2 fully saturated rings. The molecule has 0 aromatic rings. The average molecular weight is 879 g/mol. The van der Waals surface area contributed by atoms with Gasteiger partial charge in [0.2, 0.25) is 0 Å². The highest BCUT2D eigenvalue weighted by molar-refractivity contribution is 5.69. The Morgan fingerprint density at radius 3 is 1.33 bits per heavy atom. The fourth-order valence-corrected chi connectivity index (χ4v) is 8.05. The highest BCUT2D eigenvalue weighted by Gasteiger charge is 2.47. The van der Waals surface area contributed by atoms with Crippen LogP contribution >= 0.6 is 0 Å². The van der Waals surface area contributed by atoms with E-state index in [4.69, 9.17) is 28.4 Å². The number of unbranched alkanes of at least 4 members (excludes halogenated alkanes) is 25. The molecule has 61 heavy (non-hydrogen) atoms. The van der Waals surface area contributed by atoms with Crippen molar-refractivity contribution in [3.05, 3.63) is 0 Å². The molecule has 2 rings (SSSR count). The number of carbonyl (C=O) groups is 1. The SMILES string of the molecule is CCCCCCCCCCCCCCCCCCOCC(COC1OC(COC2OC(CO)C(O)C(O)C2O)C(O)C(O)C1O)OC(=O)CCCCCCCCCCCCC. The van der Waals surface area contributed by atoms with Gasteiger partial charge in [-0.2, -0.15) is 0 Å². The number of aliphatic hydroxyl groups excluding tert-OH is 7. The number of rotatable bonds is 39. The summed E-state index contributed by atoms with van der Waals surface area (Å²) < 4.78 is 34.2. The number of hydrogen-bond acceptors (Lipinski definition) is 14. The van der Waals surface area contributed by atoms with Crippen LogP contribution in [-0.4, -0.2) is 142 Å². The van der Waals surface area contributed by atoms with Gasteiger partial charge < -0.3 is 64.2 Å². The lowest BCUT2D eigenvalue weighted by atomic mass is 9.98. The van der Waals surface area contributed by atoms with Crippen molar-refractivity contribution in [2.75, 3.05) is 33.0 Å². The van der Waals surface area contributed by atoms with Crippen LogP contribution in [0.4, 0.5) is 0 Å². The Balaban J connectivity index is 1.77. The summed E-state index contributed by atoms with van der Waals surface area (Å²) in [6.07, 6.45) is 17.4. The van der Waals surface area contributed by atoms with Crippen molar-refractivity contribution < 1.29 is 69.0 Å². The molecule has 0 aliphatic carbocycles. The minimum atomic E-state index is -1.70. The first-order valence-electron chi connectivity index (χ1n) is 24.6. The Morgan fingerprint density at radius 2 is 0.869 bits per heavy atom. The third-order valence-corrected chi connectivity index (χ3v) is 12.1. The van der Waals surface area contributed by atoms with Crippen LogP contribution in [0.2, 0.25) is 0 Å². The number of esters is 1. The molecular formula is C47H90O14. The summed E-state index contributed by atoms with van der Waals surface area (Å²) >= 11 is 0. The zero-order valence-electron chi connectivity index (χ0n) is 38.2. The molecule has 0 bridgehead atoms. The van der Waals surface area contributed by atoms with E-state index in [2.05, 4.69) is 13.8 Å². The van der Waals surface area contributed by atoms with E-state index in [1.165, 1.54) is 128 Å². The van der Waals surface area contributed by atoms with Gasteiger partial charge in [0, 0.05) is 13.0 Å². The van der Waals surface area contributed by atoms with Crippen molar-refractivity contribution in [1.82, 2.24) is 0 Å². The van der Waals surface area contributed by atoms with E-state index in [1.54, 1.807) is 0 Å². The lowest BCUT2D eigenvalue weighted by Crippen LogP contribution is -2.61. The van der Waals surface area contributed by atoms with Gasteiger partial charge in [-0.1, -0.05) is 174 Å². The van der Waals surface area contributed by atoms with E-state index in [9.17, 15) is 40.5 Å². The molecule has 0 saturated carbocycles. The summed E-state index contributed by atoms with van der Waals surface area (Å²) in [5.41, 5.74) is 0. The van der Waals surface area contributed by atoms with Crippen molar-refractivity contribution >= 4 is 5.97 Å². The molecule has 0 amide bonds. The van der Waals surface area contributed by atoms with Crippen LogP contribution in [0.15, 0.2) is 0 Å². The Hall–Kier alpha value is -1.01. The van der Waals surface area contributed by atoms with Crippen molar-refractivity contribution in [2.24, 2.45) is 0 Å². The number of ether oxygens (including phenoxy) is 6. The molecule has 0 spiro atoms. The second-order valence-corrected chi connectivity index (χ2v) is 17.7. The van der Waals surface area contributed by atoms with E-state index in [0.29, 0.717) is 13.0 Å². The minimum Gasteiger partial charge on any atom is -0.457 e. The smallest absolute Gasteiger partial charge is 0.306 e. The van der Waals surface area contributed by atoms with Crippen molar-refractivity contribution in [1.29, 1.82) is 0 Å². The molecule has 2 heterocycles. The van der Waals surface area contributed by atoms with Crippen molar-refractivity contribution in [3.8, 4) is 0 Å². The predicted octanol–water partition coefficient (Wildman–Crippen LogP) is 6.52. The lowest BCUT2D eigenvalue weighted by molar-refractivity contribution is -0.332. The molecule has 14 nitrogen and oxygen atoms in total. The molecule has 7 N–H and O–H groups in total. The maximum atomic E-state index is 12.9. The maximum absolute atomic E-state index is 12.9. The second-order valence-electron chi connectivity index (χ2n) is 17.7. The molecule has 11 atom stereocenters. The Kier molecular flexibility index (Phi) is 33.3. The van der Waals surface area contributed by atoms with Crippen LogP contribution in [0.5, 0.6) is 0 Å². The topological polar surface area (TPSA) is 214 Å². The summed E-state index contributed by atoms with van der Waals surface area (Å²) in [7, 11) is 0. The molecule has 0 aromatic carbocycles. The first-order chi connectivity index (χ1) is 29.6. The van der Waals surface area contributed by atoms with Gasteiger partial charge in [-0.05, 0) is 12.8 Å². The third-order valence-electron chi connectivity index (χ3n) is 12.1. The van der Waals surface area contributed by atoms with Gasteiger partial charge in [-0.3, -0.25) is 4.79 Å². The Bertz CT molecular complexity index is 1020. The van der Waals surface area contributed by atoms with Crippen LogP contribution in [0.3, 0.4) is 0 Å². The van der Waals surface area contributed by atoms with Crippen LogP contribution in [0, 0.1) is 0 Å². The van der Waals surface area contributed by atoms with Crippen molar-refractivity contribution in [2.45, 2.75) is 261 Å². The zero-order valence-corrected chi connectivity index (χ0v) is 38.2. The molecular weight excluding hydrogens is 789 g/mol. The lowest BCUT2D eigenvalue weighted by Gasteiger charge is -2.42. The Labute approximate surface area is 368 Å². The fraction of sp³-hybridized carbons (Fsp3) is 0.979. The first-order valence-corrected chi connectivity index (χ1v) is 24.6. The van der Waals surface area contributed by atoms with E-state index in [0.717, 1.165) is 38.5 Å². The van der Waals surface area contributed by atoms with E-state index in [1.807, 2.05) is 0 Å². The standard InChI is InChI=1S/C47H90O14/c1-3-5-7-9-11-13-15-16-17-18-19-21-23-25-27-29-31-56-33-36(59-39(49)30-28-26-24-22-20-14-12-10-8-6-4-2)34-57-46-45(55)43(53)41(51)38(61-46)35-58-47-44(54)42(52)40(50)37(32-48)60-47/h36-38,40-48,50-55H,3-35H2,1-2H3. The van der Waals surface area contributed by atoms with Gasteiger partial charge in [0.1, 0.15) is 54.9 Å². The van der Waals surface area contributed by atoms with E-state index >= 15 is 0 Å². The van der Waals surface area contributed by atoms with Crippen molar-refractivity contribution in [3.63, 3.8) is 0 Å². The first kappa shape index (κ1) is 56.1. The minimum absolute atomic E-state index is 0.0698.